The van der Waals surface area contributed by atoms with Crippen molar-refractivity contribution in [3.63, 3.8) is 0 Å². The van der Waals surface area contributed by atoms with E-state index in [9.17, 15) is 19.8 Å². The van der Waals surface area contributed by atoms with Gasteiger partial charge in [0.05, 0.1) is 26.0 Å². The number of carbonyl (C=O) groups is 2. The number of hydrogen-bond acceptors (Lipinski definition) is 6. The summed E-state index contributed by atoms with van der Waals surface area (Å²) in [5.41, 5.74) is -2.00. The minimum Gasteiger partial charge on any atom is -0.548 e. The Morgan fingerprint density at radius 3 is 2.60 bits per heavy atom. The van der Waals surface area contributed by atoms with E-state index >= 15 is 0 Å². The molecule has 0 spiro atoms. The first-order valence-corrected chi connectivity index (χ1v) is 4.81. The van der Waals surface area contributed by atoms with Gasteiger partial charge in [-0.05, 0) is 24.5 Å². The van der Waals surface area contributed by atoms with E-state index < -0.39 is 72.1 Å². The number of rotatable bonds is 5. The number of benzene rings is 1. The molecule has 0 aromatic heterocycles. The number of carboxylic acid groups (broad SMARTS) is 1. The fourth-order valence-corrected chi connectivity index (χ4v) is 1.04. The number of carbonyl (C=O) groups excluding carboxylic acids is 2. The number of methoxy groups -OCH3 is 1. The Bertz CT molecular complexity index is 797. The predicted octanol–water partition coefficient (Wildman–Crippen LogP) is -3.15. The van der Waals surface area contributed by atoms with Crippen LogP contribution < -0.4 is 40.0 Å². The summed E-state index contributed by atoms with van der Waals surface area (Å²) < 4.78 is 64.5. The number of hydrogen-bond donors (Lipinski definition) is 2. The molecule has 0 amide bonds. The zero-order valence-corrected chi connectivity index (χ0v) is 12.7. The molecule has 1 rings (SSSR count). The van der Waals surface area contributed by atoms with Crippen LogP contribution in [-0.2, 0) is 14.3 Å². The molecule has 0 bridgehead atoms. The molecule has 0 aliphatic carbocycles. The van der Waals surface area contributed by atoms with Crippen LogP contribution in [0.2, 0.25) is 0 Å². The van der Waals surface area contributed by atoms with Gasteiger partial charge in [0.25, 0.3) is 0 Å². The quantitative estimate of drug-likeness (QED) is 0.338. The molecule has 0 aliphatic heterocycles. The van der Waals surface area contributed by atoms with Crippen LogP contribution in [0.25, 0.3) is 0 Å². The van der Waals surface area contributed by atoms with Crippen LogP contribution in [0, 0.1) is 0 Å². The van der Waals surface area contributed by atoms with E-state index in [2.05, 4.69) is 4.74 Å². The Morgan fingerprint density at radius 2 is 2.15 bits per heavy atom. The number of nitrogens with one attached hydrogen (secondary N) is 1. The molecule has 1 atom stereocenters. The van der Waals surface area contributed by atoms with Gasteiger partial charge in [0.15, 0.2) is 0 Å². The molecule has 1 unspecified atom stereocenters. The van der Waals surface area contributed by atoms with E-state index in [4.69, 9.17) is 11.0 Å². The second-order valence-corrected chi connectivity index (χ2v) is 3.15. The summed E-state index contributed by atoms with van der Waals surface area (Å²) >= 11 is 0. The van der Waals surface area contributed by atoms with Crippen LogP contribution in [0.1, 0.15) is 29.4 Å². The average molecular weight is 295 g/mol. The van der Waals surface area contributed by atoms with Gasteiger partial charge in [-0.25, -0.2) is 4.79 Å². The summed E-state index contributed by atoms with van der Waals surface area (Å²) in [7, 11) is 0.868. The fourth-order valence-electron chi connectivity index (χ4n) is 1.04. The first-order chi connectivity index (χ1) is 12.3. The summed E-state index contributed by atoms with van der Waals surface area (Å²) in [5.74, 6) is -4.48. The molecule has 0 saturated carbocycles. The molecule has 6 nitrogen and oxygen atoms in total. The maximum Gasteiger partial charge on any atom is 1.00 e. The minimum atomic E-state index is -3.19. The van der Waals surface area contributed by atoms with Crippen LogP contribution >= 0.6 is 0 Å². The molecule has 1 aromatic rings. The number of ether oxygens (including phenoxy) is 1. The Kier molecular flexibility index (Phi) is 3.76. The van der Waals surface area contributed by atoms with E-state index in [1.165, 1.54) is 0 Å². The number of aliphatic carboxylic acids is 1. The largest absolute Gasteiger partial charge is 1.00 e. The van der Waals surface area contributed by atoms with Crippen molar-refractivity contribution in [2.24, 2.45) is 0 Å². The van der Waals surface area contributed by atoms with Crippen molar-refractivity contribution in [2.75, 3.05) is 7.11 Å². The number of esters is 1. The maximum absolute atomic E-state index is 11.5. The molecule has 0 radical (unpaired) electrons. The van der Waals surface area contributed by atoms with Crippen LogP contribution in [0.15, 0.2) is 35.9 Å². The van der Waals surface area contributed by atoms with Gasteiger partial charge in [0, 0.05) is 15.9 Å². The molecule has 0 fully saturated rings. The summed E-state index contributed by atoms with van der Waals surface area (Å²) in [5, 5.41) is 22.9. The number of phenols is 1. The molecule has 0 aliphatic rings. The standard InChI is InChI=1S/C13H15NO5.Na/c1-8(7-11(16)19-2)14-12(13(17)18)9-3-5-10(15)6-4-9;/h3-7,12,14-15H,1-2H3,(H,17,18);/q;+1/p-1/b8-7-;/i1D3,3D,4D,5D,6D,7D;. The van der Waals surface area contributed by atoms with Crippen LogP contribution in [0.5, 0.6) is 5.75 Å². The zero-order chi connectivity index (χ0) is 21.3. The van der Waals surface area contributed by atoms with Gasteiger partial charge in [0.1, 0.15) is 5.75 Å². The summed E-state index contributed by atoms with van der Waals surface area (Å²) in [6.07, 6.45) is 0. The smallest absolute Gasteiger partial charge is 0.548 e. The molecule has 2 N–H and O–H groups in total. The van der Waals surface area contributed by atoms with Gasteiger partial charge in [-0.2, -0.15) is 0 Å². The first kappa shape index (κ1) is 8.71. The van der Waals surface area contributed by atoms with Crippen LogP contribution in [-0.4, -0.2) is 24.2 Å². The Balaban J connectivity index is 0.00000729. The molecule has 0 saturated heterocycles. The van der Waals surface area contributed by atoms with E-state index in [1.54, 1.807) is 0 Å². The Morgan fingerprint density at radius 1 is 1.55 bits per heavy atom. The normalized spacial score (nSPS) is 18.9. The van der Waals surface area contributed by atoms with Crippen molar-refractivity contribution in [1.29, 1.82) is 0 Å². The third-order valence-corrected chi connectivity index (χ3v) is 1.86. The van der Waals surface area contributed by atoms with E-state index in [-0.39, 0.29) is 29.6 Å². The summed E-state index contributed by atoms with van der Waals surface area (Å²) in [4.78, 5) is 23.0. The Hall–Kier alpha value is -1.50. The summed E-state index contributed by atoms with van der Waals surface area (Å²) in [6.45, 7) is -3.19. The molecule has 102 valence electrons. The van der Waals surface area contributed by atoms with E-state index in [0.29, 0.717) is 0 Å². The van der Waals surface area contributed by atoms with Gasteiger partial charge < -0.3 is 25.1 Å². The van der Waals surface area contributed by atoms with Crippen LogP contribution in [0.4, 0.5) is 0 Å². The van der Waals surface area contributed by atoms with Crippen molar-refractivity contribution in [1.82, 2.24) is 5.32 Å². The van der Waals surface area contributed by atoms with Crippen molar-refractivity contribution >= 4 is 11.9 Å². The molecular formula is C13H14NNaO5. The minimum absolute atomic E-state index is 0. The number of phenolic OH excluding ortho intramolecular Hbond substituents is 1. The topological polar surface area (TPSA) is 98.7 Å². The van der Waals surface area contributed by atoms with Gasteiger partial charge in [-0.3, -0.25) is 0 Å². The second-order valence-electron chi connectivity index (χ2n) is 3.15. The zero-order valence-electron chi connectivity index (χ0n) is 18.7. The molecule has 1 aromatic carbocycles. The first-order valence-electron chi connectivity index (χ1n) is 8.81. The predicted molar refractivity (Wildman–Crippen MR) is 64.8 cm³/mol. The Labute approximate surface area is 150 Å². The molecular weight excluding hydrogens is 273 g/mol. The SMILES string of the molecule is [2H]/C(C(=O)OC)=C(/NC(C(=O)[O-])c1c([2H])c([2H])c(O)c([2H])c1[2H])C([2H])([2H])[2H].[Na+]. The molecule has 20 heavy (non-hydrogen) atoms. The number of allylic oxidation sites excluding steroid dienone is 1. The monoisotopic (exact) mass is 295 g/mol. The fraction of sp³-hybridized carbons (Fsp3) is 0.231. The van der Waals surface area contributed by atoms with Crippen molar-refractivity contribution in [2.45, 2.75) is 12.9 Å². The summed E-state index contributed by atoms with van der Waals surface area (Å²) in [6, 6.07) is -7.36. The van der Waals surface area contributed by atoms with Gasteiger partial charge >= 0.3 is 35.5 Å². The van der Waals surface area contributed by atoms with Crippen molar-refractivity contribution in [3.05, 3.63) is 41.5 Å². The number of aromatic hydroxyl groups is 1. The maximum atomic E-state index is 11.5. The molecule has 0 heterocycles. The van der Waals surface area contributed by atoms with Gasteiger partial charge in [-0.15, -0.1) is 0 Å². The third kappa shape index (κ3) is 5.64. The van der Waals surface area contributed by atoms with Crippen molar-refractivity contribution < 1.29 is 65.1 Å². The van der Waals surface area contributed by atoms with Crippen molar-refractivity contribution in [3.8, 4) is 5.75 Å². The molecule has 7 heteroatoms. The second kappa shape index (κ2) is 8.63. The van der Waals surface area contributed by atoms with E-state index in [0.717, 1.165) is 7.11 Å². The third-order valence-electron chi connectivity index (χ3n) is 1.86. The number of carboxylic acids is 1. The average Bonchev–Trinajstić information content (AvgIpc) is 2.58. The van der Waals surface area contributed by atoms with Crippen LogP contribution in [0.3, 0.4) is 0 Å². The van der Waals surface area contributed by atoms with E-state index in [1.807, 2.05) is 5.32 Å². The van der Waals surface area contributed by atoms with Gasteiger partial charge in [-0.1, -0.05) is 12.1 Å². The van der Waals surface area contributed by atoms with Gasteiger partial charge in [0.2, 0.25) is 0 Å².